The predicted octanol–water partition coefficient (Wildman–Crippen LogP) is 2.39. The fourth-order valence-electron chi connectivity index (χ4n) is 3.96. The van der Waals surface area contributed by atoms with Crippen LogP contribution in [-0.4, -0.2) is 36.6 Å². The molecule has 3 fully saturated rings. The lowest BCUT2D eigenvalue weighted by atomic mass is 9.72. The van der Waals surface area contributed by atoms with Gasteiger partial charge in [-0.15, -0.1) is 0 Å². The van der Waals surface area contributed by atoms with Gasteiger partial charge in [0.2, 0.25) is 0 Å². The minimum absolute atomic E-state index is 0.579. The molecule has 0 aromatic heterocycles. The molecule has 16 heavy (non-hydrogen) atoms. The van der Waals surface area contributed by atoms with Crippen molar-refractivity contribution in [1.82, 2.24) is 10.2 Å². The summed E-state index contributed by atoms with van der Waals surface area (Å²) in [6, 6.07) is 0. The van der Waals surface area contributed by atoms with Gasteiger partial charge in [0, 0.05) is 31.7 Å². The van der Waals surface area contributed by atoms with Crippen LogP contribution >= 0.6 is 0 Å². The van der Waals surface area contributed by atoms with Crippen molar-refractivity contribution in [3.63, 3.8) is 0 Å². The van der Waals surface area contributed by atoms with Crippen molar-refractivity contribution < 1.29 is 0 Å². The van der Waals surface area contributed by atoms with Gasteiger partial charge >= 0.3 is 0 Å². The molecule has 0 unspecified atom stereocenters. The average Bonchev–Trinajstić information content (AvgIpc) is 3.12. The number of hydrogen-bond donors (Lipinski definition) is 1. The number of rotatable bonds is 2. The van der Waals surface area contributed by atoms with E-state index in [0.29, 0.717) is 5.54 Å². The van der Waals surface area contributed by atoms with Crippen LogP contribution in [0.2, 0.25) is 0 Å². The lowest BCUT2D eigenvalue weighted by Crippen LogP contribution is -2.57. The molecule has 2 nitrogen and oxygen atoms in total. The van der Waals surface area contributed by atoms with Crippen LogP contribution in [0.4, 0.5) is 0 Å². The summed E-state index contributed by atoms with van der Waals surface area (Å²) in [6.45, 7) is 7.37. The third-order valence-electron chi connectivity index (χ3n) is 5.64. The van der Waals surface area contributed by atoms with Gasteiger partial charge in [0.05, 0.1) is 0 Å². The van der Waals surface area contributed by atoms with Crippen molar-refractivity contribution in [2.45, 2.75) is 57.4 Å². The predicted molar refractivity (Wildman–Crippen MR) is 67.6 cm³/mol. The molecule has 0 bridgehead atoms. The normalized spacial score (nSPS) is 32.8. The molecular weight excluding hydrogens is 196 g/mol. The zero-order chi connectivity index (χ0) is 11.1. The van der Waals surface area contributed by atoms with Crippen molar-refractivity contribution in [2.24, 2.45) is 5.41 Å². The highest BCUT2D eigenvalue weighted by Gasteiger charge is 2.50. The largest absolute Gasteiger partial charge is 0.314 e. The van der Waals surface area contributed by atoms with Gasteiger partial charge in [-0.3, -0.25) is 4.90 Å². The van der Waals surface area contributed by atoms with Gasteiger partial charge in [-0.05, 0) is 50.4 Å². The summed E-state index contributed by atoms with van der Waals surface area (Å²) in [5.74, 6) is 0. The third-order valence-corrected chi connectivity index (χ3v) is 5.64. The molecule has 3 rings (SSSR count). The SMILES string of the molecule is CCC1(N2CCNCC2)CCC2(CC2)CC1. The van der Waals surface area contributed by atoms with E-state index >= 15 is 0 Å². The number of hydrogen-bond acceptors (Lipinski definition) is 2. The van der Waals surface area contributed by atoms with Crippen LogP contribution in [0.1, 0.15) is 51.9 Å². The summed E-state index contributed by atoms with van der Waals surface area (Å²) in [5, 5.41) is 3.48. The Morgan fingerprint density at radius 2 is 1.50 bits per heavy atom. The van der Waals surface area contributed by atoms with Crippen molar-refractivity contribution in [3.05, 3.63) is 0 Å². The van der Waals surface area contributed by atoms with Crippen LogP contribution < -0.4 is 5.32 Å². The first-order valence-corrected chi connectivity index (χ1v) is 7.25. The van der Waals surface area contributed by atoms with Gasteiger partial charge in [-0.2, -0.15) is 0 Å². The van der Waals surface area contributed by atoms with Gasteiger partial charge in [-0.25, -0.2) is 0 Å². The Morgan fingerprint density at radius 1 is 0.938 bits per heavy atom. The van der Waals surface area contributed by atoms with Crippen LogP contribution in [-0.2, 0) is 0 Å². The lowest BCUT2D eigenvalue weighted by molar-refractivity contribution is 0.0187. The Hall–Kier alpha value is -0.0800. The van der Waals surface area contributed by atoms with E-state index in [1.807, 2.05) is 0 Å². The molecule has 3 aliphatic rings. The molecule has 0 radical (unpaired) electrons. The van der Waals surface area contributed by atoms with Crippen LogP contribution in [0.3, 0.4) is 0 Å². The quantitative estimate of drug-likeness (QED) is 0.772. The summed E-state index contributed by atoms with van der Waals surface area (Å²) in [7, 11) is 0. The highest BCUT2D eigenvalue weighted by atomic mass is 15.2. The summed E-state index contributed by atoms with van der Waals surface area (Å²) >= 11 is 0. The van der Waals surface area contributed by atoms with E-state index in [0.717, 1.165) is 5.41 Å². The Balaban J connectivity index is 1.67. The molecule has 1 heterocycles. The molecule has 0 amide bonds. The molecule has 2 heteroatoms. The van der Waals surface area contributed by atoms with E-state index in [1.54, 1.807) is 0 Å². The van der Waals surface area contributed by atoms with E-state index in [-0.39, 0.29) is 0 Å². The number of piperazine rings is 1. The fourth-order valence-corrected chi connectivity index (χ4v) is 3.96. The first-order valence-electron chi connectivity index (χ1n) is 7.25. The zero-order valence-corrected chi connectivity index (χ0v) is 10.7. The minimum atomic E-state index is 0.579. The van der Waals surface area contributed by atoms with Gasteiger partial charge in [0.15, 0.2) is 0 Å². The van der Waals surface area contributed by atoms with E-state index in [9.17, 15) is 0 Å². The van der Waals surface area contributed by atoms with Crippen molar-refractivity contribution >= 4 is 0 Å². The molecule has 2 saturated carbocycles. The van der Waals surface area contributed by atoms with Crippen LogP contribution in [0.25, 0.3) is 0 Å². The second-order valence-corrected chi connectivity index (χ2v) is 6.31. The van der Waals surface area contributed by atoms with Crippen LogP contribution in [0.15, 0.2) is 0 Å². The molecule has 2 aliphatic carbocycles. The maximum Gasteiger partial charge on any atom is 0.0208 e. The molecule has 0 atom stereocenters. The van der Waals surface area contributed by atoms with Gasteiger partial charge < -0.3 is 5.32 Å². The molecule has 1 aliphatic heterocycles. The summed E-state index contributed by atoms with van der Waals surface area (Å²) in [4.78, 5) is 2.80. The van der Waals surface area contributed by atoms with Gasteiger partial charge in [-0.1, -0.05) is 6.92 Å². The van der Waals surface area contributed by atoms with E-state index in [2.05, 4.69) is 17.1 Å². The maximum atomic E-state index is 3.48. The first-order chi connectivity index (χ1) is 7.79. The van der Waals surface area contributed by atoms with Crippen LogP contribution in [0, 0.1) is 5.41 Å². The van der Waals surface area contributed by atoms with Gasteiger partial charge in [0.1, 0.15) is 0 Å². The van der Waals surface area contributed by atoms with Gasteiger partial charge in [0.25, 0.3) is 0 Å². The summed E-state index contributed by atoms with van der Waals surface area (Å²) < 4.78 is 0. The Bertz CT molecular complexity index is 241. The monoisotopic (exact) mass is 222 g/mol. The Kier molecular flexibility index (Phi) is 2.75. The summed E-state index contributed by atoms with van der Waals surface area (Å²) in [5.41, 5.74) is 1.42. The summed E-state index contributed by atoms with van der Waals surface area (Å²) in [6.07, 6.45) is 10.4. The zero-order valence-electron chi connectivity index (χ0n) is 10.7. The molecule has 92 valence electrons. The Morgan fingerprint density at radius 3 is 2.00 bits per heavy atom. The molecule has 0 aromatic rings. The second-order valence-electron chi connectivity index (χ2n) is 6.31. The standard InChI is InChI=1S/C14H26N2/c1-2-14(16-11-9-15-10-12-16)7-5-13(3-4-13)6-8-14/h15H,2-12H2,1H3. The molecular formula is C14H26N2. The van der Waals surface area contributed by atoms with E-state index in [4.69, 9.17) is 0 Å². The Labute approximate surface area is 99.8 Å². The molecule has 0 aromatic carbocycles. The number of nitrogens with one attached hydrogen (secondary N) is 1. The van der Waals surface area contributed by atoms with E-state index in [1.165, 1.54) is 71.1 Å². The van der Waals surface area contributed by atoms with Crippen molar-refractivity contribution in [1.29, 1.82) is 0 Å². The average molecular weight is 222 g/mol. The molecule has 1 N–H and O–H groups in total. The van der Waals surface area contributed by atoms with Crippen molar-refractivity contribution in [2.75, 3.05) is 26.2 Å². The molecule has 1 spiro atoms. The number of nitrogens with zero attached hydrogens (tertiary/aromatic N) is 1. The van der Waals surface area contributed by atoms with Crippen LogP contribution in [0.5, 0.6) is 0 Å². The molecule has 1 saturated heterocycles. The highest BCUT2D eigenvalue weighted by Crippen LogP contribution is 2.59. The lowest BCUT2D eigenvalue weighted by Gasteiger charge is -2.49. The smallest absolute Gasteiger partial charge is 0.0208 e. The topological polar surface area (TPSA) is 15.3 Å². The third kappa shape index (κ3) is 1.80. The first kappa shape index (κ1) is 11.0. The maximum absolute atomic E-state index is 3.48. The minimum Gasteiger partial charge on any atom is -0.314 e. The highest BCUT2D eigenvalue weighted by molar-refractivity contribution is 5.04. The van der Waals surface area contributed by atoms with Crippen molar-refractivity contribution in [3.8, 4) is 0 Å². The van der Waals surface area contributed by atoms with E-state index < -0.39 is 0 Å². The fraction of sp³-hybridized carbons (Fsp3) is 1.00. The second kappa shape index (κ2) is 3.99.